The molecule has 0 radical (unpaired) electrons. The fourth-order valence-electron chi connectivity index (χ4n) is 2.61. The van der Waals surface area contributed by atoms with Gasteiger partial charge in [-0.3, -0.25) is 4.79 Å². The Balaban J connectivity index is 1.61. The van der Waals surface area contributed by atoms with Gasteiger partial charge in [0.1, 0.15) is 0 Å². The molecule has 0 bridgehead atoms. The molecule has 0 saturated carbocycles. The maximum Gasteiger partial charge on any atom is 0.237 e. The highest BCUT2D eigenvalue weighted by atomic mass is 16.2. The topological polar surface area (TPSA) is 58.4 Å². The summed E-state index contributed by atoms with van der Waals surface area (Å²) < 4.78 is 0. The van der Waals surface area contributed by atoms with Gasteiger partial charge in [0.05, 0.1) is 6.04 Å². The van der Waals surface area contributed by atoms with E-state index in [0.29, 0.717) is 6.42 Å². The lowest BCUT2D eigenvalue weighted by Gasteiger charge is -2.15. The van der Waals surface area contributed by atoms with Crippen molar-refractivity contribution >= 4 is 5.91 Å². The number of hydrogen-bond donors (Lipinski definition) is 2. The Hall–Kier alpha value is -1.39. The maximum absolute atomic E-state index is 11.9. The second-order valence-corrected chi connectivity index (χ2v) is 5.49. The first-order valence-electron chi connectivity index (χ1n) is 7.55. The van der Waals surface area contributed by atoms with E-state index < -0.39 is 6.04 Å². The Morgan fingerprint density at radius 1 is 1.25 bits per heavy atom. The van der Waals surface area contributed by atoms with Crippen LogP contribution < -0.4 is 11.1 Å². The summed E-state index contributed by atoms with van der Waals surface area (Å²) in [5.41, 5.74) is 7.04. The normalized spacial score (nSPS) is 17.1. The third-order valence-electron chi connectivity index (χ3n) is 3.78. The van der Waals surface area contributed by atoms with Crippen LogP contribution in [0, 0.1) is 0 Å². The van der Waals surface area contributed by atoms with Crippen LogP contribution in [0.4, 0.5) is 0 Å². The number of nitrogens with zero attached hydrogens (tertiary/aromatic N) is 1. The quantitative estimate of drug-likeness (QED) is 0.734. The van der Waals surface area contributed by atoms with E-state index >= 15 is 0 Å². The minimum atomic E-state index is -0.454. The summed E-state index contributed by atoms with van der Waals surface area (Å²) in [4.78, 5) is 14.3. The molecule has 1 amide bonds. The first-order chi connectivity index (χ1) is 9.75. The van der Waals surface area contributed by atoms with Crippen molar-refractivity contribution in [3.8, 4) is 0 Å². The van der Waals surface area contributed by atoms with E-state index in [-0.39, 0.29) is 5.91 Å². The first kappa shape index (κ1) is 15.0. The smallest absolute Gasteiger partial charge is 0.237 e. The summed E-state index contributed by atoms with van der Waals surface area (Å²) in [5, 5.41) is 2.94. The standard InChI is InChI=1S/C16H25N3O/c17-15(13-14-7-2-1-3-8-14)16(20)18-9-6-12-19-10-4-5-11-19/h1-3,7-8,15H,4-6,9-13,17H2,(H,18,20). The lowest BCUT2D eigenvalue weighted by atomic mass is 10.1. The molecule has 3 N–H and O–H groups in total. The van der Waals surface area contributed by atoms with Gasteiger partial charge in [-0.2, -0.15) is 0 Å². The molecule has 4 nitrogen and oxygen atoms in total. The van der Waals surface area contributed by atoms with Crippen LogP contribution in [0.5, 0.6) is 0 Å². The fourth-order valence-corrected chi connectivity index (χ4v) is 2.61. The van der Waals surface area contributed by atoms with Gasteiger partial charge in [-0.1, -0.05) is 30.3 Å². The van der Waals surface area contributed by atoms with Crippen LogP contribution in [0.1, 0.15) is 24.8 Å². The van der Waals surface area contributed by atoms with Crippen LogP contribution in [-0.2, 0) is 11.2 Å². The van der Waals surface area contributed by atoms with Crippen LogP contribution in [-0.4, -0.2) is 43.0 Å². The van der Waals surface area contributed by atoms with Gasteiger partial charge in [-0.15, -0.1) is 0 Å². The zero-order chi connectivity index (χ0) is 14.2. The second kappa shape index (κ2) is 8.02. The minimum absolute atomic E-state index is 0.0460. The fraction of sp³-hybridized carbons (Fsp3) is 0.562. The van der Waals surface area contributed by atoms with Crippen molar-refractivity contribution in [2.45, 2.75) is 31.7 Å². The largest absolute Gasteiger partial charge is 0.355 e. The van der Waals surface area contributed by atoms with E-state index in [1.54, 1.807) is 0 Å². The highest BCUT2D eigenvalue weighted by molar-refractivity contribution is 5.81. The highest BCUT2D eigenvalue weighted by Gasteiger charge is 2.14. The molecule has 20 heavy (non-hydrogen) atoms. The van der Waals surface area contributed by atoms with Crippen LogP contribution in [0.2, 0.25) is 0 Å². The number of carbonyl (C=O) groups is 1. The zero-order valence-corrected chi connectivity index (χ0v) is 12.1. The van der Waals surface area contributed by atoms with Crippen molar-refractivity contribution in [2.75, 3.05) is 26.2 Å². The Labute approximate surface area is 121 Å². The molecule has 1 aromatic rings. The van der Waals surface area contributed by atoms with Crippen molar-refractivity contribution < 1.29 is 4.79 Å². The van der Waals surface area contributed by atoms with E-state index in [0.717, 1.165) is 25.1 Å². The third-order valence-corrected chi connectivity index (χ3v) is 3.78. The molecule has 1 unspecified atom stereocenters. The average molecular weight is 275 g/mol. The van der Waals surface area contributed by atoms with Crippen molar-refractivity contribution in [1.29, 1.82) is 0 Å². The number of hydrogen-bond acceptors (Lipinski definition) is 3. The minimum Gasteiger partial charge on any atom is -0.355 e. The van der Waals surface area contributed by atoms with E-state index in [9.17, 15) is 4.79 Å². The van der Waals surface area contributed by atoms with Gasteiger partial charge < -0.3 is 16.0 Å². The van der Waals surface area contributed by atoms with Gasteiger partial charge in [0, 0.05) is 6.54 Å². The molecule has 1 fully saturated rings. The monoisotopic (exact) mass is 275 g/mol. The van der Waals surface area contributed by atoms with Gasteiger partial charge >= 0.3 is 0 Å². The molecule has 4 heteroatoms. The maximum atomic E-state index is 11.9. The predicted octanol–water partition coefficient (Wildman–Crippen LogP) is 1.16. The predicted molar refractivity (Wildman–Crippen MR) is 81.4 cm³/mol. The van der Waals surface area contributed by atoms with E-state index in [1.807, 2.05) is 30.3 Å². The number of amides is 1. The second-order valence-electron chi connectivity index (χ2n) is 5.49. The van der Waals surface area contributed by atoms with Gasteiger partial charge in [0.2, 0.25) is 5.91 Å². The molecular weight excluding hydrogens is 250 g/mol. The SMILES string of the molecule is NC(Cc1ccccc1)C(=O)NCCCN1CCCC1. The number of benzene rings is 1. The van der Waals surface area contributed by atoms with Gasteiger partial charge in [0.25, 0.3) is 0 Å². The van der Waals surface area contributed by atoms with Crippen molar-refractivity contribution in [3.63, 3.8) is 0 Å². The Kier molecular flexibility index (Phi) is 6.02. The van der Waals surface area contributed by atoms with Crippen LogP contribution >= 0.6 is 0 Å². The summed E-state index contributed by atoms with van der Waals surface area (Å²) in [6.45, 7) is 4.22. The van der Waals surface area contributed by atoms with Gasteiger partial charge in [-0.25, -0.2) is 0 Å². The summed E-state index contributed by atoms with van der Waals surface area (Å²) in [6, 6.07) is 9.45. The van der Waals surface area contributed by atoms with Crippen molar-refractivity contribution in [3.05, 3.63) is 35.9 Å². The van der Waals surface area contributed by atoms with Crippen LogP contribution in [0.15, 0.2) is 30.3 Å². The number of likely N-dealkylation sites (tertiary alicyclic amines) is 1. The number of nitrogens with one attached hydrogen (secondary N) is 1. The van der Waals surface area contributed by atoms with Crippen LogP contribution in [0.25, 0.3) is 0 Å². The molecule has 1 heterocycles. The number of carbonyl (C=O) groups excluding carboxylic acids is 1. The molecule has 1 saturated heterocycles. The molecule has 1 atom stereocenters. The highest BCUT2D eigenvalue weighted by Crippen LogP contribution is 2.07. The molecular formula is C16H25N3O. The van der Waals surface area contributed by atoms with Crippen molar-refractivity contribution in [2.24, 2.45) is 5.73 Å². The molecule has 1 aromatic carbocycles. The van der Waals surface area contributed by atoms with Crippen LogP contribution in [0.3, 0.4) is 0 Å². The van der Waals surface area contributed by atoms with Crippen molar-refractivity contribution in [1.82, 2.24) is 10.2 Å². The Bertz CT molecular complexity index is 401. The average Bonchev–Trinajstić information content (AvgIpc) is 2.97. The summed E-state index contributed by atoms with van der Waals surface area (Å²) in [7, 11) is 0. The third kappa shape index (κ3) is 4.94. The zero-order valence-electron chi connectivity index (χ0n) is 12.1. The van der Waals surface area contributed by atoms with E-state index in [2.05, 4.69) is 10.2 Å². The molecule has 0 aliphatic carbocycles. The van der Waals surface area contributed by atoms with Gasteiger partial charge in [-0.05, 0) is 50.9 Å². The lowest BCUT2D eigenvalue weighted by molar-refractivity contribution is -0.122. The molecule has 1 aliphatic rings. The summed E-state index contributed by atoms with van der Waals surface area (Å²) >= 11 is 0. The van der Waals surface area contributed by atoms with Gasteiger partial charge in [0.15, 0.2) is 0 Å². The molecule has 2 rings (SSSR count). The molecule has 0 aromatic heterocycles. The summed E-state index contributed by atoms with van der Waals surface area (Å²) in [6.07, 6.45) is 4.23. The summed E-state index contributed by atoms with van der Waals surface area (Å²) in [5.74, 6) is -0.0460. The molecule has 0 spiro atoms. The van der Waals surface area contributed by atoms with E-state index in [4.69, 9.17) is 5.73 Å². The lowest BCUT2D eigenvalue weighted by Crippen LogP contribution is -2.42. The van der Waals surface area contributed by atoms with E-state index in [1.165, 1.54) is 25.9 Å². The Morgan fingerprint density at radius 3 is 2.65 bits per heavy atom. The molecule has 110 valence electrons. The Morgan fingerprint density at radius 2 is 1.95 bits per heavy atom. The molecule has 1 aliphatic heterocycles. The number of rotatable bonds is 7. The number of nitrogens with two attached hydrogens (primary N) is 1. The first-order valence-corrected chi connectivity index (χ1v) is 7.55.